The summed E-state index contributed by atoms with van der Waals surface area (Å²) in [5, 5.41) is 14.8. The fourth-order valence-electron chi connectivity index (χ4n) is 2.74. The molecule has 0 atom stereocenters. The SMILES string of the molecule is CC(C)N1CCN(Cc2ccc3c(c2)OCO3)CC1.O=C(O)C(=O)O. The first-order chi connectivity index (χ1) is 11.9. The van der Waals surface area contributed by atoms with E-state index >= 15 is 0 Å². The number of nitrogens with zero attached hydrogens (tertiary/aromatic N) is 2. The second-order valence-corrected chi connectivity index (χ2v) is 6.20. The van der Waals surface area contributed by atoms with Crippen LogP contribution in [0.5, 0.6) is 11.5 Å². The first-order valence-corrected chi connectivity index (χ1v) is 8.18. The smallest absolute Gasteiger partial charge is 0.414 e. The molecule has 2 N–H and O–H groups in total. The van der Waals surface area contributed by atoms with Crippen LogP contribution in [-0.2, 0) is 16.1 Å². The first-order valence-electron chi connectivity index (χ1n) is 8.18. The Morgan fingerprint density at radius 2 is 1.64 bits per heavy atom. The predicted molar refractivity (Wildman–Crippen MR) is 89.8 cm³/mol. The van der Waals surface area contributed by atoms with Gasteiger partial charge >= 0.3 is 11.9 Å². The zero-order valence-corrected chi connectivity index (χ0v) is 14.5. The molecular weight excluding hydrogens is 328 g/mol. The van der Waals surface area contributed by atoms with Crippen LogP contribution in [0.1, 0.15) is 19.4 Å². The Balaban J connectivity index is 0.000000326. The van der Waals surface area contributed by atoms with Crippen molar-refractivity contribution >= 4 is 11.9 Å². The van der Waals surface area contributed by atoms with Crippen molar-refractivity contribution < 1.29 is 29.3 Å². The maximum Gasteiger partial charge on any atom is 0.414 e. The molecule has 3 rings (SSSR count). The van der Waals surface area contributed by atoms with E-state index in [9.17, 15) is 0 Å². The first kappa shape index (κ1) is 19.0. The van der Waals surface area contributed by atoms with E-state index in [2.05, 4.69) is 35.8 Å². The molecule has 1 aromatic carbocycles. The molecule has 2 aliphatic heterocycles. The van der Waals surface area contributed by atoms with E-state index in [4.69, 9.17) is 29.3 Å². The third-order valence-electron chi connectivity index (χ3n) is 4.16. The molecule has 1 saturated heterocycles. The summed E-state index contributed by atoms with van der Waals surface area (Å²) in [6.07, 6.45) is 0. The maximum atomic E-state index is 9.10. The van der Waals surface area contributed by atoms with Crippen LogP contribution < -0.4 is 9.47 Å². The van der Waals surface area contributed by atoms with Gasteiger partial charge in [-0.15, -0.1) is 0 Å². The Morgan fingerprint density at radius 1 is 1.04 bits per heavy atom. The number of carbonyl (C=O) groups is 2. The van der Waals surface area contributed by atoms with Crippen molar-refractivity contribution in [2.24, 2.45) is 0 Å². The topological polar surface area (TPSA) is 99.5 Å². The Bertz CT molecular complexity index is 599. The van der Waals surface area contributed by atoms with Gasteiger partial charge in [0.15, 0.2) is 11.5 Å². The number of benzene rings is 1. The largest absolute Gasteiger partial charge is 0.473 e. The van der Waals surface area contributed by atoms with Crippen LogP contribution in [0.4, 0.5) is 0 Å². The van der Waals surface area contributed by atoms with Gasteiger partial charge in [-0.1, -0.05) is 6.07 Å². The lowest BCUT2D eigenvalue weighted by Gasteiger charge is -2.36. The molecular formula is C17H24N2O6. The van der Waals surface area contributed by atoms with Gasteiger partial charge in [0.05, 0.1) is 0 Å². The maximum absolute atomic E-state index is 9.10. The number of aliphatic carboxylic acids is 2. The Kier molecular flexibility index (Phi) is 6.60. The van der Waals surface area contributed by atoms with E-state index in [1.54, 1.807) is 0 Å². The minimum atomic E-state index is -1.82. The van der Waals surface area contributed by atoms with E-state index in [0.29, 0.717) is 12.8 Å². The minimum Gasteiger partial charge on any atom is -0.473 e. The van der Waals surface area contributed by atoms with Gasteiger partial charge in [0, 0.05) is 38.8 Å². The molecule has 0 aliphatic carbocycles. The van der Waals surface area contributed by atoms with Gasteiger partial charge in [-0.2, -0.15) is 0 Å². The molecule has 0 bridgehead atoms. The minimum absolute atomic E-state index is 0.353. The molecule has 0 saturated carbocycles. The number of carboxylic acid groups (broad SMARTS) is 2. The molecule has 1 aromatic rings. The lowest BCUT2D eigenvalue weighted by Crippen LogP contribution is -2.48. The summed E-state index contributed by atoms with van der Waals surface area (Å²) in [6.45, 7) is 10.5. The van der Waals surface area contributed by atoms with E-state index in [-0.39, 0.29) is 0 Å². The predicted octanol–water partition coefficient (Wildman–Crippen LogP) is 1.10. The number of piperazine rings is 1. The summed E-state index contributed by atoms with van der Waals surface area (Å²) >= 11 is 0. The molecule has 2 heterocycles. The standard InChI is InChI=1S/C15H22N2O2.C2H2O4/c1-12(2)17-7-5-16(6-8-17)10-13-3-4-14-15(9-13)19-11-18-14;3-1(4)2(5)6/h3-4,9,12H,5-8,10-11H2,1-2H3;(H,3,4)(H,5,6). The summed E-state index contributed by atoms with van der Waals surface area (Å²) in [7, 11) is 0. The van der Waals surface area contributed by atoms with Crippen LogP contribution in [0.25, 0.3) is 0 Å². The third kappa shape index (κ3) is 5.61. The van der Waals surface area contributed by atoms with E-state index in [1.165, 1.54) is 18.7 Å². The lowest BCUT2D eigenvalue weighted by atomic mass is 10.1. The van der Waals surface area contributed by atoms with E-state index in [1.807, 2.05) is 6.07 Å². The van der Waals surface area contributed by atoms with Crippen molar-refractivity contribution in [1.82, 2.24) is 9.80 Å². The van der Waals surface area contributed by atoms with Crippen molar-refractivity contribution in [3.05, 3.63) is 23.8 Å². The van der Waals surface area contributed by atoms with Crippen molar-refractivity contribution in [3.63, 3.8) is 0 Å². The average Bonchev–Trinajstić information content (AvgIpc) is 3.03. The molecule has 0 aromatic heterocycles. The van der Waals surface area contributed by atoms with Crippen LogP contribution in [0.3, 0.4) is 0 Å². The highest BCUT2D eigenvalue weighted by Crippen LogP contribution is 2.32. The van der Waals surface area contributed by atoms with Gasteiger partial charge in [0.25, 0.3) is 0 Å². The van der Waals surface area contributed by atoms with Crippen molar-refractivity contribution in [3.8, 4) is 11.5 Å². The monoisotopic (exact) mass is 352 g/mol. The number of carboxylic acids is 2. The Hall–Kier alpha value is -2.32. The lowest BCUT2D eigenvalue weighted by molar-refractivity contribution is -0.159. The van der Waals surface area contributed by atoms with Crippen LogP contribution >= 0.6 is 0 Å². The van der Waals surface area contributed by atoms with Gasteiger partial charge in [0.2, 0.25) is 6.79 Å². The Morgan fingerprint density at radius 3 is 2.20 bits per heavy atom. The van der Waals surface area contributed by atoms with E-state index < -0.39 is 11.9 Å². The number of ether oxygens (including phenoxy) is 2. The number of fused-ring (bicyclic) bond motifs is 1. The van der Waals surface area contributed by atoms with Crippen LogP contribution in [-0.4, -0.2) is 71.0 Å². The van der Waals surface area contributed by atoms with Crippen LogP contribution in [0.2, 0.25) is 0 Å². The molecule has 8 heteroatoms. The second kappa shape index (κ2) is 8.68. The zero-order chi connectivity index (χ0) is 18.4. The van der Waals surface area contributed by atoms with E-state index in [0.717, 1.165) is 31.1 Å². The summed E-state index contributed by atoms with van der Waals surface area (Å²) < 4.78 is 10.8. The molecule has 0 radical (unpaired) electrons. The van der Waals surface area contributed by atoms with Crippen molar-refractivity contribution in [2.45, 2.75) is 26.4 Å². The van der Waals surface area contributed by atoms with Crippen LogP contribution in [0, 0.1) is 0 Å². The summed E-state index contributed by atoms with van der Waals surface area (Å²) in [4.78, 5) is 23.2. The number of rotatable bonds is 3. The summed E-state index contributed by atoms with van der Waals surface area (Å²) in [5.41, 5.74) is 1.31. The van der Waals surface area contributed by atoms with Crippen LogP contribution in [0.15, 0.2) is 18.2 Å². The fraction of sp³-hybridized carbons (Fsp3) is 0.529. The zero-order valence-electron chi connectivity index (χ0n) is 14.5. The molecule has 0 unspecified atom stereocenters. The number of hydrogen-bond donors (Lipinski definition) is 2. The van der Waals surface area contributed by atoms with Gasteiger partial charge in [-0.25, -0.2) is 9.59 Å². The summed E-state index contributed by atoms with van der Waals surface area (Å²) in [5.74, 6) is -1.89. The normalized spacial score (nSPS) is 17.1. The molecule has 1 fully saturated rings. The quantitative estimate of drug-likeness (QED) is 0.780. The Labute approximate surface area is 146 Å². The van der Waals surface area contributed by atoms with Gasteiger partial charge in [-0.3, -0.25) is 9.80 Å². The molecule has 138 valence electrons. The van der Waals surface area contributed by atoms with Crippen molar-refractivity contribution in [2.75, 3.05) is 33.0 Å². The van der Waals surface area contributed by atoms with Gasteiger partial charge in [-0.05, 0) is 31.5 Å². The highest BCUT2D eigenvalue weighted by molar-refractivity contribution is 6.27. The second-order valence-electron chi connectivity index (χ2n) is 6.20. The molecule has 0 spiro atoms. The molecule has 8 nitrogen and oxygen atoms in total. The van der Waals surface area contributed by atoms with Gasteiger partial charge in [0.1, 0.15) is 0 Å². The highest BCUT2D eigenvalue weighted by atomic mass is 16.7. The average molecular weight is 352 g/mol. The molecule has 2 aliphatic rings. The fourth-order valence-corrected chi connectivity index (χ4v) is 2.74. The van der Waals surface area contributed by atoms with Gasteiger partial charge < -0.3 is 19.7 Å². The summed E-state index contributed by atoms with van der Waals surface area (Å²) in [6, 6.07) is 6.93. The third-order valence-corrected chi connectivity index (χ3v) is 4.16. The van der Waals surface area contributed by atoms with Crippen molar-refractivity contribution in [1.29, 1.82) is 0 Å². The molecule has 25 heavy (non-hydrogen) atoms. The molecule has 0 amide bonds. The highest BCUT2D eigenvalue weighted by Gasteiger charge is 2.20. The number of hydrogen-bond acceptors (Lipinski definition) is 6.